The summed E-state index contributed by atoms with van der Waals surface area (Å²) in [6, 6.07) is 10.4. The maximum absolute atomic E-state index is 13.2. The lowest BCUT2D eigenvalue weighted by atomic mass is 9.88. The molecule has 0 bridgehead atoms. The third-order valence-corrected chi connectivity index (χ3v) is 5.67. The minimum absolute atomic E-state index is 0.0220. The minimum atomic E-state index is -4.93. The second-order valence-electron chi connectivity index (χ2n) is 8.22. The third kappa shape index (κ3) is 6.05. The molecule has 3 rings (SSSR count). The largest absolute Gasteiger partial charge is 0.416 e. The summed E-state index contributed by atoms with van der Waals surface area (Å²) in [5, 5.41) is 6.15. The molecule has 0 spiro atoms. The first kappa shape index (κ1) is 25.0. The Morgan fingerprint density at radius 1 is 1.09 bits per heavy atom. The molecule has 4 nitrogen and oxygen atoms in total. The molecule has 1 aliphatic heterocycles. The molecule has 1 fully saturated rings. The van der Waals surface area contributed by atoms with Crippen LogP contribution in [0.2, 0.25) is 0 Å². The smallest absolute Gasteiger partial charge is 0.372 e. The van der Waals surface area contributed by atoms with Crippen LogP contribution in [0.25, 0.3) is 0 Å². The molecular formula is C23H24F6N2O2. The molecule has 2 aromatic carbocycles. The monoisotopic (exact) mass is 474 g/mol. The first-order chi connectivity index (χ1) is 15.3. The Kier molecular flexibility index (Phi) is 7.09. The minimum Gasteiger partial charge on any atom is -0.372 e. The molecule has 2 aromatic rings. The molecule has 0 aliphatic carbocycles. The predicted octanol–water partition coefficient (Wildman–Crippen LogP) is 5.20. The van der Waals surface area contributed by atoms with Gasteiger partial charge in [-0.25, -0.2) is 0 Å². The Morgan fingerprint density at radius 2 is 1.67 bits per heavy atom. The molecule has 0 radical (unpaired) electrons. The number of amides is 1. The lowest BCUT2D eigenvalue weighted by Gasteiger charge is -2.32. The highest BCUT2D eigenvalue weighted by Gasteiger charge is 2.42. The molecule has 0 unspecified atom stereocenters. The quantitative estimate of drug-likeness (QED) is 0.567. The van der Waals surface area contributed by atoms with Gasteiger partial charge in [-0.2, -0.15) is 26.3 Å². The van der Waals surface area contributed by atoms with Crippen molar-refractivity contribution in [2.75, 3.05) is 13.2 Å². The standard InChI is InChI=1S/C23H24F6N2O2/c1-14(16-8-18(22(24,25)26)10-19(9-16)23(27,28)29)33-13-21(17-6-4-3-5-7-17)11-20(12-30-21)31-15(2)32/h3-10,14,20,30H,11-13H2,1-2H3,(H,31,32)/t14-,20+,21-/m1/s1. The van der Waals surface area contributed by atoms with Crippen LogP contribution in [0.4, 0.5) is 26.3 Å². The average molecular weight is 474 g/mol. The van der Waals surface area contributed by atoms with Gasteiger partial charge in [-0.1, -0.05) is 30.3 Å². The van der Waals surface area contributed by atoms with E-state index < -0.39 is 35.1 Å². The van der Waals surface area contributed by atoms with E-state index in [1.54, 1.807) is 0 Å². The van der Waals surface area contributed by atoms with Gasteiger partial charge < -0.3 is 15.4 Å². The first-order valence-corrected chi connectivity index (χ1v) is 10.3. The van der Waals surface area contributed by atoms with Gasteiger partial charge in [-0.3, -0.25) is 4.79 Å². The summed E-state index contributed by atoms with van der Waals surface area (Å²) >= 11 is 0. The van der Waals surface area contributed by atoms with Crippen molar-refractivity contribution in [3.63, 3.8) is 0 Å². The van der Waals surface area contributed by atoms with Crippen molar-refractivity contribution in [2.45, 2.75) is 50.3 Å². The van der Waals surface area contributed by atoms with Gasteiger partial charge in [0.15, 0.2) is 0 Å². The second-order valence-corrected chi connectivity index (χ2v) is 8.22. The van der Waals surface area contributed by atoms with E-state index in [2.05, 4.69) is 10.6 Å². The third-order valence-electron chi connectivity index (χ3n) is 5.67. The normalized spacial score (nSPS) is 22.2. The van der Waals surface area contributed by atoms with E-state index in [1.807, 2.05) is 30.3 Å². The number of rotatable bonds is 6. The highest BCUT2D eigenvalue weighted by molar-refractivity contribution is 5.73. The SMILES string of the molecule is CC(=O)N[C@@H]1CN[C@](CO[C@H](C)c2cc(C(F)(F)F)cc(C(F)(F)F)c2)(c2ccccc2)C1. The zero-order chi connectivity index (χ0) is 24.4. The summed E-state index contributed by atoms with van der Waals surface area (Å²) in [6.45, 7) is 3.22. The lowest BCUT2D eigenvalue weighted by molar-refractivity contribution is -0.143. The van der Waals surface area contributed by atoms with Crippen LogP contribution >= 0.6 is 0 Å². The number of ether oxygens (including phenoxy) is 1. The second kappa shape index (κ2) is 9.34. The van der Waals surface area contributed by atoms with Crippen molar-refractivity contribution < 1.29 is 35.9 Å². The van der Waals surface area contributed by atoms with Crippen molar-refractivity contribution in [3.8, 4) is 0 Å². The van der Waals surface area contributed by atoms with Crippen LogP contribution < -0.4 is 10.6 Å². The van der Waals surface area contributed by atoms with Crippen LogP contribution in [0.5, 0.6) is 0 Å². The number of hydrogen-bond acceptors (Lipinski definition) is 3. The number of nitrogens with one attached hydrogen (secondary N) is 2. The maximum atomic E-state index is 13.2. The zero-order valence-electron chi connectivity index (χ0n) is 18.0. The highest BCUT2D eigenvalue weighted by Crippen LogP contribution is 2.39. The Bertz CT molecular complexity index is 945. The van der Waals surface area contributed by atoms with Crippen molar-refractivity contribution in [1.29, 1.82) is 0 Å². The number of alkyl halides is 6. The fraction of sp³-hybridized carbons (Fsp3) is 0.435. The van der Waals surface area contributed by atoms with Crippen molar-refractivity contribution >= 4 is 5.91 Å². The van der Waals surface area contributed by atoms with Gasteiger partial charge in [0.1, 0.15) is 0 Å². The molecule has 10 heteroatoms. The lowest BCUT2D eigenvalue weighted by Crippen LogP contribution is -2.41. The number of halogens is 6. The van der Waals surface area contributed by atoms with Crippen molar-refractivity contribution in [2.24, 2.45) is 0 Å². The van der Waals surface area contributed by atoms with E-state index in [0.29, 0.717) is 25.1 Å². The fourth-order valence-electron chi connectivity index (χ4n) is 4.02. The van der Waals surface area contributed by atoms with Gasteiger partial charge in [-0.15, -0.1) is 0 Å². The Labute approximate surface area is 187 Å². The molecule has 1 saturated heterocycles. The van der Waals surface area contributed by atoms with E-state index in [9.17, 15) is 31.1 Å². The van der Waals surface area contributed by atoms with Gasteiger partial charge in [0, 0.05) is 19.5 Å². The van der Waals surface area contributed by atoms with E-state index >= 15 is 0 Å². The van der Waals surface area contributed by atoms with Gasteiger partial charge in [0.25, 0.3) is 0 Å². The van der Waals surface area contributed by atoms with E-state index in [-0.39, 0.29) is 30.2 Å². The maximum Gasteiger partial charge on any atom is 0.416 e. The number of hydrogen-bond donors (Lipinski definition) is 2. The number of carbonyl (C=O) groups is 1. The van der Waals surface area contributed by atoms with Crippen LogP contribution in [0.15, 0.2) is 48.5 Å². The Hall–Kier alpha value is -2.59. The number of carbonyl (C=O) groups excluding carboxylic acids is 1. The molecule has 1 amide bonds. The molecular weight excluding hydrogens is 450 g/mol. The summed E-state index contributed by atoms with van der Waals surface area (Å²) in [5.41, 5.74) is -2.92. The van der Waals surface area contributed by atoms with Crippen molar-refractivity contribution in [1.82, 2.24) is 10.6 Å². The van der Waals surface area contributed by atoms with Gasteiger partial charge in [0.05, 0.1) is 29.4 Å². The first-order valence-electron chi connectivity index (χ1n) is 10.3. The summed E-state index contributed by atoms with van der Waals surface area (Å²) in [6.07, 6.45) is -10.5. The Balaban J connectivity index is 1.87. The average Bonchev–Trinajstić information content (AvgIpc) is 3.14. The van der Waals surface area contributed by atoms with Gasteiger partial charge in [-0.05, 0) is 42.7 Å². The zero-order valence-corrected chi connectivity index (χ0v) is 18.0. The van der Waals surface area contributed by atoms with E-state index in [4.69, 9.17) is 4.74 Å². The molecule has 33 heavy (non-hydrogen) atoms. The summed E-state index contributed by atoms with van der Waals surface area (Å²) in [5.74, 6) is -0.205. The van der Waals surface area contributed by atoms with E-state index in [1.165, 1.54) is 13.8 Å². The number of benzene rings is 2. The van der Waals surface area contributed by atoms with E-state index in [0.717, 1.165) is 5.56 Å². The summed E-state index contributed by atoms with van der Waals surface area (Å²) in [7, 11) is 0. The predicted molar refractivity (Wildman–Crippen MR) is 109 cm³/mol. The fourth-order valence-corrected chi connectivity index (χ4v) is 4.02. The topological polar surface area (TPSA) is 50.4 Å². The molecule has 2 N–H and O–H groups in total. The molecule has 1 aliphatic rings. The molecule has 1 heterocycles. The van der Waals surface area contributed by atoms with Crippen LogP contribution in [-0.2, 0) is 27.4 Å². The van der Waals surface area contributed by atoms with Gasteiger partial charge in [0.2, 0.25) is 5.91 Å². The molecule has 0 saturated carbocycles. The molecule has 180 valence electrons. The highest BCUT2D eigenvalue weighted by atomic mass is 19.4. The molecule has 0 aromatic heterocycles. The van der Waals surface area contributed by atoms with Crippen LogP contribution in [0.3, 0.4) is 0 Å². The summed E-state index contributed by atoms with van der Waals surface area (Å²) < 4.78 is 85.1. The molecule has 3 atom stereocenters. The van der Waals surface area contributed by atoms with Crippen molar-refractivity contribution in [3.05, 3.63) is 70.8 Å². The van der Waals surface area contributed by atoms with Gasteiger partial charge >= 0.3 is 12.4 Å². The summed E-state index contributed by atoms with van der Waals surface area (Å²) in [4.78, 5) is 11.5. The van der Waals surface area contributed by atoms with Crippen LogP contribution in [0, 0.1) is 0 Å². The van der Waals surface area contributed by atoms with Crippen LogP contribution in [-0.4, -0.2) is 25.1 Å². The Morgan fingerprint density at radius 3 is 2.18 bits per heavy atom. The van der Waals surface area contributed by atoms with Crippen LogP contribution in [0.1, 0.15) is 48.6 Å².